The summed E-state index contributed by atoms with van der Waals surface area (Å²) in [5.41, 5.74) is 2.86. The van der Waals surface area contributed by atoms with Crippen LogP contribution in [0.2, 0.25) is 0 Å². The predicted octanol–water partition coefficient (Wildman–Crippen LogP) is 2.99. The van der Waals surface area contributed by atoms with E-state index in [-0.39, 0.29) is 30.0 Å². The Kier molecular flexibility index (Phi) is 6.49. The van der Waals surface area contributed by atoms with Gasteiger partial charge in [-0.3, -0.25) is 9.59 Å². The number of hydrogen-bond donors (Lipinski definition) is 2. The SMILES string of the molecule is CC(=O)Nc1cccc(C(=O)OCC(=O)N[C@@H](C)c2ccc(C)cc2)c1. The number of benzene rings is 2. The van der Waals surface area contributed by atoms with Gasteiger partial charge in [-0.05, 0) is 37.6 Å². The summed E-state index contributed by atoms with van der Waals surface area (Å²) in [5, 5.41) is 5.37. The van der Waals surface area contributed by atoms with Crippen LogP contribution in [0.4, 0.5) is 5.69 Å². The quantitative estimate of drug-likeness (QED) is 0.781. The number of esters is 1. The fourth-order valence-corrected chi connectivity index (χ4v) is 2.36. The maximum atomic E-state index is 12.1. The molecular formula is C20H22N2O4. The van der Waals surface area contributed by atoms with Crippen molar-refractivity contribution in [3.05, 3.63) is 65.2 Å². The van der Waals surface area contributed by atoms with Crippen molar-refractivity contribution in [3.63, 3.8) is 0 Å². The van der Waals surface area contributed by atoms with Crippen LogP contribution in [0, 0.1) is 6.92 Å². The molecule has 2 N–H and O–H groups in total. The number of rotatable bonds is 6. The largest absolute Gasteiger partial charge is 0.452 e. The van der Waals surface area contributed by atoms with Gasteiger partial charge in [-0.15, -0.1) is 0 Å². The van der Waals surface area contributed by atoms with Crippen molar-refractivity contribution in [1.82, 2.24) is 5.32 Å². The van der Waals surface area contributed by atoms with E-state index >= 15 is 0 Å². The molecule has 0 aromatic heterocycles. The third-order valence-electron chi connectivity index (χ3n) is 3.71. The second kappa shape index (κ2) is 8.80. The normalized spacial score (nSPS) is 11.3. The van der Waals surface area contributed by atoms with Gasteiger partial charge >= 0.3 is 5.97 Å². The molecule has 2 aromatic carbocycles. The molecule has 2 aromatic rings. The Morgan fingerprint density at radius 1 is 1.08 bits per heavy atom. The Bertz CT molecular complexity index is 800. The summed E-state index contributed by atoms with van der Waals surface area (Å²) in [6, 6.07) is 14.0. The smallest absolute Gasteiger partial charge is 0.338 e. The Morgan fingerprint density at radius 3 is 2.42 bits per heavy atom. The summed E-state index contributed by atoms with van der Waals surface area (Å²) in [4.78, 5) is 35.1. The lowest BCUT2D eigenvalue weighted by atomic mass is 10.1. The summed E-state index contributed by atoms with van der Waals surface area (Å²) >= 11 is 0. The van der Waals surface area contributed by atoms with Crippen molar-refractivity contribution < 1.29 is 19.1 Å². The molecule has 0 radical (unpaired) electrons. The monoisotopic (exact) mass is 354 g/mol. The molecule has 0 aliphatic carbocycles. The molecule has 0 unspecified atom stereocenters. The molecule has 0 heterocycles. The molecule has 136 valence electrons. The second-order valence-corrected chi connectivity index (χ2v) is 6.04. The number of nitrogens with one attached hydrogen (secondary N) is 2. The van der Waals surface area contributed by atoms with E-state index in [1.54, 1.807) is 18.2 Å². The highest BCUT2D eigenvalue weighted by molar-refractivity contribution is 5.94. The second-order valence-electron chi connectivity index (χ2n) is 6.04. The first-order valence-corrected chi connectivity index (χ1v) is 8.26. The minimum absolute atomic E-state index is 0.190. The maximum absolute atomic E-state index is 12.1. The van der Waals surface area contributed by atoms with Crippen LogP contribution in [0.25, 0.3) is 0 Å². The van der Waals surface area contributed by atoms with Gasteiger partial charge < -0.3 is 15.4 Å². The van der Waals surface area contributed by atoms with Gasteiger partial charge in [0.2, 0.25) is 5.91 Å². The third-order valence-corrected chi connectivity index (χ3v) is 3.71. The Hall–Kier alpha value is -3.15. The van der Waals surface area contributed by atoms with Crippen molar-refractivity contribution in [2.75, 3.05) is 11.9 Å². The first-order valence-electron chi connectivity index (χ1n) is 8.26. The number of carbonyl (C=O) groups is 3. The standard InChI is InChI=1S/C20H22N2O4/c1-13-7-9-16(10-8-13)14(2)21-19(24)12-26-20(25)17-5-4-6-18(11-17)22-15(3)23/h4-11,14H,12H2,1-3H3,(H,21,24)(H,22,23)/t14-/m0/s1. The van der Waals surface area contributed by atoms with Crippen molar-refractivity contribution in [2.24, 2.45) is 0 Å². The minimum Gasteiger partial charge on any atom is -0.452 e. The van der Waals surface area contributed by atoms with E-state index in [1.165, 1.54) is 13.0 Å². The number of aryl methyl sites for hydroxylation is 1. The van der Waals surface area contributed by atoms with Gasteiger partial charge in [-0.2, -0.15) is 0 Å². The third kappa shape index (κ3) is 5.73. The summed E-state index contributed by atoms with van der Waals surface area (Å²) in [7, 11) is 0. The number of ether oxygens (including phenoxy) is 1. The number of anilines is 1. The van der Waals surface area contributed by atoms with Crippen LogP contribution in [-0.4, -0.2) is 24.4 Å². The highest BCUT2D eigenvalue weighted by Gasteiger charge is 2.13. The summed E-state index contributed by atoms with van der Waals surface area (Å²) < 4.78 is 5.04. The zero-order chi connectivity index (χ0) is 19.1. The van der Waals surface area contributed by atoms with Gasteiger partial charge in [0.15, 0.2) is 6.61 Å². The van der Waals surface area contributed by atoms with E-state index < -0.39 is 5.97 Å². The van der Waals surface area contributed by atoms with E-state index in [4.69, 9.17) is 4.74 Å². The molecule has 2 amide bonds. The zero-order valence-corrected chi connectivity index (χ0v) is 15.0. The lowest BCUT2D eigenvalue weighted by Crippen LogP contribution is -2.31. The first-order chi connectivity index (χ1) is 12.3. The maximum Gasteiger partial charge on any atom is 0.338 e. The summed E-state index contributed by atoms with van der Waals surface area (Å²) in [6.45, 7) is 4.86. The molecule has 1 atom stereocenters. The molecule has 0 fully saturated rings. The van der Waals surface area contributed by atoms with E-state index in [0.29, 0.717) is 5.69 Å². The van der Waals surface area contributed by atoms with Crippen LogP contribution in [0.15, 0.2) is 48.5 Å². The molecule has 0 aliphatic rings. The molecule has 6 heteroatoms. The highest BCUT2D eigenvalue weighted by Crippen LogP contribution is 2.14. The van der Waals surface area contributed by atoms with Gasteiger partial charge in [0.1, 0.15) is 0 Å². The number of hydrogen-bond acceptors (Lipinski definition) is 4. The Morgan fingerprint density at radius 2 is 1.77 bits per heavy atom. The summed E-state index contributed by atoms with van der Waals surface area (Å²) in [6.07, 6.45) is 0. The number of carbonyl (C=O) groups excluding carboxylic acids is 3. The lowest BCUT2D eigenvalue weighted by molar-refractivity contribution is -0.124. The van der Waals surface area contributed by atoms with Gasteiger partial charge in [-0.1, -0.05) is 35.9 Å². The van der Waals surface area contributed by atoms with Crippen molar-refractivity contribution in [1.29, 1.82) is 0 Å². The van der Waals surface area contributed by atoms with Crippen LogP contribution in [-0.2, 0) is 14.3 Å². The van der Waals surface area contributed by atoms with E-state index in [9.17, 15) is 14.4 Å². The molecule has 0 saturated carbocycles. The topological polar surface area (TPSA) is 84.5 Å². The van der Waals surface area contributed by atoms with Crippen molar-refractivity contribution in [2.45, 2.75) is 26.8 Å². The average molecular weight is 354 g/mol. The fourth-order valence-electron chi connectivity index (χ4n) is 2.36. The van der Waals surface area contributed by atoms with Crippen molar-refractivity contribution in [3.8, 4) is 0 Å². The molecule has 0 spiro atoms. The first kappa shape index (κ1) is 19.2. The molecule has 26 heavy (non-hydrogen) atoms. The summed E-state index contributed by atoms with van der Waals surface area (Å²) in [5.74, 6) is -1.25. The Balaban J connectivity index is 1.87. The van der Waals surface area contributed by atoms with Crippen LogP contribution in [0.1, 0.15) is 41.4 Å². The molecule has 0 aliphatic heterocycles. The molecule has 6 nitrogen and oxygen atoms in total. The van der Waals surface area contributed by atoms with Gasteiger partial charge in [0.05, 0.1) is 11.6 Å². The zero-order valence-electron chi connectivity index (χ0n) is 15.0. The average Bonchev–Trinajstić information content (AvgIpc) is 2.59. The predicted molar refractivity (Wildman–Crippen MR) is 98.8 cm³/mol. The van der Waals surface area contributed by atoms with Crippen LogP contribution >= 0.6 is 0 Å². The van der Waals surface area contributed by atoms with E-state index in [0.717, 1.165) is 11.1 Å². The van der Waals surface area contributed by atoms with Crippen LogP contribution in [0.3, 0.4) is 0 Å². The fraction of sp³-hybridized carbons (Fsp3) is 0.250. The molecule has 2 rings (SSSR count). The van der Waals surface area contributed by atoms with Gasteiger partial charge in [0.25, 0.3) is 5.91 Å². The number of amides is 2. The van der Waals surface area contributed by atoms with Gasteiger partial charge in [-0.25, -0.2) is 4.79 Å². The van der Waals surface area contributed by atoms with E-state index in [1.807, 2.05) is 38.1 Å². The minimum atomic E-state index is -0.629. The highest BCUT2D eigenvalue weighted by atomic mass is 16.5. The van der Waals surface area contributed by atoms with Crippen LogP contribution < -0.4 is 10.6 Å². The van der Waals surface area contributed by atoms with E-state index in [2.05, 4.69) is 10.6 Å². The molecule has 0 bridgehead atoms. The molecular weight excluding hydrogens is 332 g/mol. The Labute approximate surface area is 152 Å². The lowest BCUT2D eigenvalue weighted by Gasteiger charge is -2.14. The molecule has 0 saturated heterocycles. The van der Waals surface area contributed by atoms with Gasteiger partial charge in [0, 0.05) is 12.6 Å². The van der Waals surface area contributed by atoms with Crippen molar-refractivity contribution >= 4 is 23.5 Å². The van der Waals surface area contributed by atoms with Crippen LogP contribution in [0.5, 0.6) is 0 Å².